The monoisotopic (exact) mass is 571 g/mol. The van der Waals surface area contributed by atoms with E-state index in [4.69, 9.17) is 27.9 Å². The van der Waals surface area contributed by atoms with Crippen molar-refractivity contribution < 1.29 is 22.7 Å². The molecule has 1 atom stereocenters. The second-order valence-electron chi connectivity index (χ2n) is 8.97. The molecular weight excluding hydrogens is 537 g/mol. The van der Waals surface area contributed by atoms with Crippen LogP contribution in [0.2, 0.25) is 10.0 Å². The van der Waals surface area contributed by atoms with E-state index in [1.807, 2.05) is 20.8 Å². The van der Waals surface area contributed by atoms with Gasteiger partial charge in [0.15, 0.2) is 0 Å². The van der Waals surface area contributed by atoms with Crippen molar-refractivity contribution in [2.45, 2.75) is 59.2 Å². The molecule has 0 spiro atoms. The summed E-state index contributed by atoms with van der Waals surface area (Å²) in [4.78, 5) is 27.5. The summed E-state index contributed by atoms with van der Waals surface area (Å²) in [6.07, 6.45) is 1.43. The van der Waals surface area contributed by atoms with E-state index >= 15 is 0 Å². The summed E-state index contributed by atoms with van der Waals surface area (Å²) in [5.41, 5.74) is 1.20. The molecule has 0 fully saturated rings. The Morgan fingerprint density at radius 3 is 2.22 bits per heavy atom. The summed E-state index contributed by atoms with van der Waals surface area (Å²) >= 11 is 12.2. The minimum atomic E-state index is -3.59. The number of ether oxygens (including phenoxy) is 1. The molecule has 0 saturated heterocycles. The lowest BCUT2D eigenvalue weighted by Gasteiger charge is -2.30. The second-order valence-corrected chi connectivity index (χ2v) is 11.7. The smallest absolute Gasteiger partial charge is 0.242 e. The number of hydrogen-bond acceptors (Lipinski definition) is 5. The number of amides is 2. The third-order valence-electron chi connectivity index (χ3n) is 5.52. The third kappa shape index (κ3) is 9.39. The van der Waals surface area contributed by atoms with E-state index in [2.05, 4.69) is 5.32 Å². The van der Waals surface area contributed by atoms with Gasteiger partial charge < -0.3 is 15.0 Å². The predicted octanol–water partition coefficient (Wildman–Crippen LogP) is 4.88. The topological polar surface area (TPSA) is 96.0 Å². The molecule has 8 nitrogen and oxygen atoms in total. The highest BCUT2D eigenvalue weighted by atomic mass is 35.5. The van der Waals surface area contributed by atoms with Crippen LogP contribution in [0.15, 0.2) is 42.5 Å². The lowest BCUT2D eigenvalue weighted by molar-refractivity contribution is -0.140. The SMILES string of the molecule is CCOc1ccc(N(CCCC(=O)N(Cc2ccc(Cl)c(Cl)c2)[C@@H](C)C(=O)NC(C)C)S(C)(=O)=O)cc1. The van der Waals surface area contributed by atoms with Crippen LogP contribution in [-0.2, 0) is 26.2 Å². The summed E-state index contributed by atoms with van der Waals surface area (Å²) in [6, 6.07) is 11.0. The van der Waals surface area contributed by atoms with E-state index < -0.39 is 16.1 Å². The number of sulfonamides is 1. The van der Waals surface area contributed by atoms with Gasteiger partial charge in [-0.05, 0) is 76.1 Å². The Balaban J connectivity index is 2.18. The Bertz CT molecular complexity index is 1170. The van der Waals surface area contributed by atoms with E-state index in [0.29, 0.717) is 28.1 Å². The molecule has 0 aliphatic heterocycles. The number of anilines is 1. The van der Waals surface area contributed by atoms with E-state index in [1.165, 1.54) is 9.21 Å². The van der Waals surface area contributed by atoms with Crippen LogP contribution in [0.25, 0.3) is 0 Å². The molecule has 2 aromatic rings. The Kier molecular flexibility index (Phi) is 11.5. The van der Waals surface area contributed by atoms with Gasteiger partial charge in [0.1, 0.15) is 11.8 Å². The highest BCUT2D eigenvalue weighted by molar-refractivity contribution is 7.92. The number of nitrogens with zero attached hydrogens (tertiary/aromatic N) is 2. The molecule has 0 aliphatic rings. The summed E-state index contributed by atoms with van der Waals surface area (Å²) in [7, 11) is -3.59. The molecule has 0 aliphatic carbocycles. The van der Waals surface area contributed by atoms with Crippen molar-refractivity contribution in [3.05, 3.63) is 58.1 Å². The molecule has 2 amide bonds. The number of hydrogen-bond donors (Lipinski definition) is 1. The first kappa shape index (κ1) is 30.7. The van der Waals surface area contributed by atoms with E-state index in [0.717, 1.165) is 11.8 Å². The highest BCUT2D eigenvalue weighted by Crippen LogP contribution is 2.25. The van der Waals surface area contributed by atoms with Crippen LogP contribution in [0.1, 0.15) is 46.1 Å². The summed E-state index contributed by atoms with van der Waals surface area (Å²) < 4.78 is 31.6. The number of carbonyl (C=O) groups is 2. The lowest BCUT2D eigenvalue weighted by Crippen LogP contribution is -2.49. The predicted molar refractivity (Wildman–Crippen MR) is 149 cm³/mol. The quantitative estimate of drug-likeness (QED) is 0.369. The van der Waals surface area contributed by atoms with Gasteiger partial charge in [-0.1, -0.05) is 29.3 Å². The van der Waals surface area contributed by atoms with Crippen LogP contribution < -0.4 is 14.4 Å². The lowest BCUT2D eigenvalue weighted by atomic mass is 10.1. The van der Waals surface area contributed by atoms with Crippen molar-refractivity contribution >= 4 is 50.7 Å². The highest BCUT2D eigenvalue weighted by Gasteiger charge is 2.27. The zero-order chi connectivity index (χ0) is 27.8. The average Bonchev–Trinajstić information content (AvgIpc) is 2.81. The maximum Gasteiger partial charge on any atom is 0.242 e. The molecule has 0 radical (unpaired) electrons. The Morgan fingerprint density at radius 1 is 1.03 bits per heavy atom. The van der Waals surface area contributed by atoms with Crippen LogP contribution >= 0.6 is 23.2 Å². The molecule has 0 heterocycles. The van der Waals surface area contributed by atoms with Gasteiger partial charge in [-0.25, -0.2) is 8.42 Å². The van der Waals surface area contributed by atoms with Crippen LogP contribution in [0, 0.1) is 0 Å². The van der Waals surface area contributed by atoms with Crippen molar-refractivity contribution in [2.75, 3.05) is 23.7 Å². The Hall–Kier alpha value is -2.49. The van der Waals surface area contributed by atoms with Gasteiger partial charge in [-0.15, -0.1) is 0 Å². The van der Waals surface area contributed by atoms with Crippen molar-refractivity contribution in [1.82, 2.24) is 10.2 Å². The van der Waals surface area contributed by atoms with E-state index in [1.54, 1.807) is 49.4 Å². The average molecular weight is 573 g/mol. The van der Waals surface area contributed by atoms with Crippen LogP contribution in [0.4, 0.5) is 5.69 Å². The van der Waals surface area contributed by atoms with Crippen molar-refractivity contribution in [3.63, 3.8) is 0 Å². The Morgan fingerprint density at radius 2 is 1.68 bits per heavy atom. The second kappa shape index (κ2) is 13.9. The summed E-state index contributed by atoms with van der Waals surface area (Å²) in [5.74, 6) is 0.0784. The largest absolute Gasteiger partial charge is 0.494 e. The number of halogens is 2. The molecule has 0 aromatic heterocycles. The zero-order valence-corrected chi connectivity index (χ0v) is 24.2. The molecule has 204 valence electrons. The van der Waals surface area contributed by atoms with Crippen LogP contribution in [-0.4, -0.2) is 56.6 Å². The molecule has 0 bridgehead atoms. The Labute approximate surface area is 229 Å². The standard InChI is InChI=1S/C26H35Cl2N3O5S/c1-6-36-22-12-10-21(11-13-22)31(37(5,34)35)15-7-8-25(32)30(19(4)26(33)29-18(2)3)17-20-9-14-23(27)24(28)16-20/h9-14,16,18-19H,6-8,15,17H2,1-5H3,(H,29,33)/t19-/m0/s1. The zero-order valence-electron chi connectivity index (χ0n) is 21.8. The van der Waals surface area contributed by atoms with Crippen LogP contribution in [0.5, 0.6) is 5.75 Å². The first-order chi connectivity index (χ1) is 17.3. The normalized spacial score (nSPS) is 12.2. The number of nitrogens with one attached hydrogen (secondary N) is 1. The molecule has 1 N–H and O–H groups in total. The van der Waals surface area contributed by atoms with Gasteiger partial charge in [0.25, 0.3) is 0 Å². The molecule has 37 heavy (non-hydrogen) atoms. The maximum absolute atomic E-state index is 13.3. The van der Waals surface area contributed by atoms with Crippen molar-refractivity contribution in [1.29, 1.82) is 0 Å². The first-order valence-corrected chi connectivity index (χ1v) is 14.7. The molecule has 2 rings (SSSR count). The van der Waals surface area contributed by atoms with Gasteiger partial charge in [-0.3, -0.25) is 13.9 Å². The molecule has 2 aromatic carbocycles. The molecule has 0 saturated carbocycles. The maximum atomic E-state index is 13.3. The van der Waals surface area contributed by atoms with Gasteiger partial charge in [0, 0.05) is 25.6 Å². The fourth-order valence-electron chi connectivity index (χ4n) is 3.70. The molecule has 0 unspecified atom stereocenters. The third-order valence-corrected chi connectivity index (χ3v) is 7.46. The van der Waals surface area contributed by atoms with Crippen molar-refractivity contribution in [3.8, 4) is 5.75 Å². The summed E-state index contributed by atoms with van der Waals surface area (Å²) in [5, 5.41) is 3.58. The minimum absolute atomic E-state index is 0.0453. The van der Waals surface area contributed by atoms with E-state index in [9.17, 15) is 18.0 Å². The van der Waals surface area contributed by atoms with Gasteiger partial charge in [0.2, 0.25) is 21.8 Å². The fourth-order valence-corrected chi connectivity index (χ4v) is 4.99. The van der Waals surface area contributed by atoms with Gasteiger partial charge in [-0.2, -0.15) is 0 Å². The van der Waals surface area contributed by atoms with Gasteiger partial charge in [0.05, 0.1) is 28.6 Å². The van der Waals surface area contributed by atoms with E-state index in [-0.39, 0.29) is 43.8 Å². The molecular formula is C26H35Cl2N3O5S. The number of benzene rings is 2. The van der Waals surface area contributed by atoms with Crippen LogP contribution in [0.3, 0.4) is 0 Å². The summed E-state index contributed by atoms with van der Waals surface area (Å²) in [6.45, 7) is 7.97. The van der Waals surface area contributed by atoms with Gasteiger partial charge >= 0.3 is 0 Å². The van der Waals surface area contributed by atoms with Crippen molar-refractivity contribution in [2.24, 2.45) is 0 Å². The first-order valence-electron chi connectivity index (χ1n) is 12.1. The number of carbonyl (C=O) groups excluding carboxylic acids is 2. The fraction of sp³-hybridized carbons (Fsp3) is 0.462. The number of rotatable bonds is 13. The minimum Gasteiger partial charge on any atom is -0.494 e. The molecule has 11 heteroatoms.